The average molecular weight is 578 g/mol. The minimum atomic E-state index is -1.40. The van der Waals surface area contributed by atoms with Gasteiger partial charge in [0.2, 0.25) is 0 Å². The Balaban J connectivity index is 1.64. The Morgan fingerprint density at radius 2 is 1.98 bits per heavy atom. The highest BCUT2D eigenvalue weighted by Gasteiger charge is 2.35. The molecule has 0 radical (unpaired) electrons. The third-order valence-electron chi connectivity index (χ3n) is 6.32. The molecule has 1 atom stereocenters. The van der Waals surface area contributed by atoms with E-state index in [1.165, 1.54) is 23.8 Å². The number of nitrogens with zero attached hydrogens (tertiary/aromatic N) is 2. The van der Waals surface area contributed by atoms with E-state index < -0.39 is 18.0 Å². The highest BCUT2D eigenvalue weighted by Crippen LogP contribution is 2.35. The van der Waals surface area contributed by atoms with Crippen molar-refractivity contribution in [3.63, 3.8) is 0 Å². The number of aromatic carboxylic acids is 1. The first-order valence-electron chi connectivity index (χ1n) is 12.2. The summed E-state index contributed by atoms with van der Waals surface area (Å²) < 4.78 is 18.6. The Morgan fingerprint density at radius 1 is 1.20 bits per heavy atom. The minimum absolute atomic E-state index is 0.0544. The molecular formula is C29H22ClN2O7S-. The molecule has 2 aromatic heterocycles. The van der Waals surface area contributed by atoms with E-state index in [0.717, 1.165) is 11.3 Å². The standard InChI is InChI=1S/C29H23ClN2O7S/c1-4-38-28(36)24-15(2)31-29-32(25(24)18-7-5-6-8-22(18)37-3)26(33)23(40-29)14-17-10-12-21(39-17)16-9-11-20(30)19(13-16)27(34)35/h5-14,25H,4H2,1-3H3,(H,34,35)/p-1/b23-14-/t25-/m1/s1. The van der Waals surface area contributed by atoms with Crippen molar-refractivity contribution in [1.29, 1.82) is 0 Å². The fourth-order valence-electron chi connectivity index (χ4n) is 4.53. The lowest BCUT2D eigenvalue weighted by molar-refractivity contribution is -0.255. The number of carboxylic acid groups (broad SMARTS) is 1. The number of furan rings is 1. The Labute approximate surface area is 236 Å². The molecule has 0 bridgehead atoms. The van der Waals surface area contributed by atoms with Crippen LogP contribution in [0.25, 0.3) is 17.4 Å². The van der Waals surface area contributed by atoms with Crippen LogP contribution in [0.1, 0.15) is 41.6 Å². The summed E-state index contributed by atoms with van der Waals surface area (Å²) in [7, 11) is 1.52. The number of thiazole rings is 1. The van der Waals surface area contributed by atoms with Gasteiger partial charge in [-0.15, -0.1) is 0 Å². The van der Waals surface area contributed by atoms with Crippen LogP contribution in [0.4, 0.5) is 0 Å². The number of aromatic nitrogens is 1. The van der Waals surface area contributed by atoms with Gasteiger partial charge in [0.05, 0.1) is 35.5 Å². The predicted molar refractivity (Wildman–Crippen MR) is 147 cm³/mol. The number of carbonyl (C=O) groups is 2. The number of halogens is 1. The molecule has 1 aliphatic rings. The van der Waals surface area contributed by atoms with Gasteiger partial charge in [0.15, 0.2) is 4.80 Å². The van der Waals surface area contributed by atoms with Gasteiger partial charge in [0, 0.05) is 27.8 Å². The first-order valence-corrected chi connectivity index (χ1v) is 13.4. The molecule has 0 saturated carbocycles. The molecular weight excluding hydrogens is 556 g/mol. The summed E-state index contributed by atoms with van der Waals surface area (Å²) in [5.41, 5.74) is 1.25. The van der Waals surface area contributed by atoms with Crippen LogP contribution < -0.4 is 24.7 Å². The molecule has 0 spiro atoms. The number of fused-ring (bicyclic) bond motifs is 1. The Hall–Kier alpha value is -4.41. The first kappa shape index (κ1) is 27.2. The summed E-state index contributed by atoms with van der Waals surface area (Å²) in [6.07, 6.45) is 1.57. The van der Waals surface area contributed by atoms with Crippen LogP contribution in [0.5, 0.6) is 5.75 Å². The zero-order chi connectivity index (χ0) is 28.6. The van der Waals surface area contributed by atoms with Crippen LogP contribution in [-0.2, 0) is 9.53 Å². The normalized spacial score (nSPS) is 15.0. The molecule has 40 heavy (non-hydrogen) atoms. The Kier molecular flexibility index (Phi) is 7.46. The second-order valence-electron chi connectivity index (χ2n) is 8.73. The molecule has 2 aromatic carbocycles. The molecule has 0 aliphatic carbocycles. The monoisotopic (exact) mass is 577 g/mol. The maximum atomic E-state index is 13.8. The lowest BCUT2D eigenvalue weighted by atomic mass is 9.95. The van der Waals surface area contributed by atoms with E-state index in [4.69, 9.17) is 25.5 Å². The third-order valence-corrected chi connectivity index (χ3v) is 7.63. The second-order valence-corrected chi connectivity index (χ2v) is 10.1. The molecule has 204 valence electrons. The van der Waals surface area contributed by atoms with Gasteiger partial charge in [-0.25, -0.2) is 9.79 Å². The van der Waals surface area contributed by atoms with E-state index >= 15 is 0 Å². The summed E-state index contributed by atoms with van der Waals surface area (Å²) in [5, 5.41) is 11.4. The Morgan fingerprint density at radius 3 is 2.70 bits per heavy atom. The topological polar surface area (TPSA) is 123 Å². The Bertz CT molecular complexity index is 1870. The SMILES string of the molecule is CCOC(=O)C1=C(C)N=c2s/c(=C\c3ccc(-c4ccc(Cl)c(C(=O)[O-])c4)o3)c(=O)n2[C@@H]1c1ccccc1OC. The maximum Gasteiger partial charge on any atom is 0.338 e. The molecule has 0 saturated heterocycles. The van der Waals surface area contributed by atoms with E-state index in [2.05, 4.69) is 4.99 Å². The van der Waals surface area contributed by atoms with E-state index in [0.29, 0.717) is 43.4 Å². The van der Waals surface area contributed by atoms with Crippen molar-refractivity contribution in [1.82, 2.24) is 4.57 Å². The van der Waals surface area contributed by atoms with Gasteiger partial charge in [0.25, 0.3) is 5.56 Å². The van der Waals surface area contributed by atoms with Crippen LogP contribution in [0.2, 0.25) is 5.02 Å². The maximum absolute atomic E-state index is 13.8. The molecule has 9 nitrogen and oxygen atoms in total. The van der Waals surface area contributed by atoms with Crippen molar-refractivity contribution >= 4 is 41.0 Å². The zero-order valence-corrected chi connectivity index (χ0v) is 23.2. The number of carboxylic acids is 1. The number of hydrogen-bond acceptors (Lipinski definition) is 9. The largest absolute Gasteiger partial charge is 0.545 e. The summed E-state index contributed by atoms with van der Waals surface area (Å²) in [6.45, 7) is 3.58. The molecule has 3 heterocycles. The first-order chi connectivity index (χ1) is 19.2. The van der Waals surface area contributed by atoms with Gasteiger partial charge in [-0.2, -0.15) is 0 Å². The van der Waals surface area contributed by atoms with Gasteiger partial charge in [-0.1, -0.05) is 41.1 Å². The number of esters is 1. The molecule has 0 amide bonds. The van der Waals surface area contributed by atoms with Crippen LogP contribution in [0.15, 0.2) is 80.1 Å². The number of hydrogen-bond donors (Lipinski definition) is 0. The van der Waals surface area contributed by atoms with Crippen LogP contribution in [0.3, 0.4) is 0 Å². The number of methoxy groups -OCH3 is 1. The number of ether oxygens (including phenoxy) is 2. The molecule has 0 unspecified atom stereocenters. The molecule has 1 aliphatic heterocycles. The number of rotatable bonds is 7. The van der Waals surface area contributed by atoms with Gasteiger partial charge in [-0.3, -0.25) is 9.36 Å². The van der Waals surface area contributed by atoms with E-state index in [1.54, 1.807) is 62.4 Å². The van der Waals surface area contributed by atoms with Crippen molar-refractivity contribution in [2.45, 2.75) is 19.9 Å². The molecule has 5 rings (SSSR count). The third kappa shape index (κ3) is 4.87. The number of para-hydroxylation sites is 1. The van der Waals surface area contributed by atoms with Crippen molar-refractivity contribution in [2.75, 3.05) is 13.7 Å². The predicted octanol–water partition coefficient (Wildman–Crippen LogP) is 3.08. The highest BCUT2D eigenvalue weighted by atomic mass is 35.5. The highest BCUT2D eigenvalue weighted by molar-refractivity contribution is 7.07. The van der Waals surface area contributed by atoms with Gasteiger partial charge in [0.1, 0.15) is 23.3 Å². The summed E-state index contributed by atoms with van der Waals surface area (Å²) in [6, 6.07) is 14.1. The van der Waals surface area contributed by atoms with Gasteiger partial charge < -0.3 is 23.8 Å². The van der Waals surface area contributed by atoms with Crippen molar-refractivity contribution in [3.8, 4) is 17.1 Å². The average Bonchev–Trinajstić information content (AvgIpc) is 3.52. The van der Waals surface area contributed by atoms with E-state index in [-0.39, 0.29) is 28.3 Å². The van der Waals surface area contributed by atoms with Gasteiger partial charge in [-0.05, 0) is 50.2 Å². The van der Waals surface area contributed by atoms with Crippen molar-refractivity contribution < 1.29 is 28.6 Å². The van der Waals surface area contributed by atoms with Crippen molar-refractivity contribution in [3.05, 3.63) is 107 Å². The summed E-state index contributed by atoms with van der Waals surface area (Å²) >= 11 is 7.10. The van der Waals surface area contributed by atoms with Gasteiger partial charge >= 0.3 is 5.97 Å². The van der Waals surface area contributed by atoms with E-state index in [1.807, 2.05) is 0 Å². The second kappa shape index (κ2) is 11.0. The molecule has 4 aromatic rings. The van der Waals surface area contributed by atoms with Crippen LogP contribution in [-0.4, -0.2) is 30.2 Å². The quantitative estimate of drug-likeness (QED) is 0.309. The molecule has 11 heteroatoms. The minimum Gasteiger partial charge on any atom is -0.545 e. The fourth-order valence-corrected chi connectivity index (χ4v) is 5.75. The van der Waals surface area contributed by atoms with Crippen LogP contribution >= 0.6 is 22.9 Å². The summed E-state index contributed by atoms with van der Waals surface area (Å²) in [4.78, 5) is 43.2. The number of carbonyl (C=O) groups excluding carboxylic acids is 2. The molecule has 0 fully saturated rings. The zero-order valence-electron chi connectivity index (χ0n) is 21.6. The van der Waals surface area contributed by atoms with Crippen LogP contribution in [0, 0.1) is 0 Å². The summed E-state index contributed by atoms with van der Waals surface area (Å²) in [5.74, 6) is -0.718. The fraction of sp³-hybridized carbons (Fsp3) is 0.172. The van der Waals surface area contributed by atoms with Crippen molar-refractivity contribution in [2.24, 2.45) is 4.99 Å². The molecule has 0 N–H and O–H groups in total. The number of benzene rings is 2. The van der Waals surface area contributed by atoms with E-state index in [9.17, 15) is 19.5 Å². The smallest absolute Gasteiger partial charge is 0.338 e. The lowest BCUT2D eigenvalue weighted by Gasteiger charge is -2.25. The lowest BCUT2D eigenvalue weighted by Crippen LogP contribution is -2.40. The number of allylic oxidation sites excluding steroid dienone is 1.